The van der Waals surface area contributed by atoms with Crippen LogP contribution in [0.4, 0.5) is 0 Å². The Morgan fingerprint density at radius 2 is 1.69 bits per heavy atom. The largest absolute Gasteiger partial charge is 0.328 e. The van der Waals surface area contributed by atoms with Gasteiger partial charge in [-0.2, -0.15) is 0 Å². The molecule has 0 aliphatic heterocycles. The maximum atomic E-state index is 6.00. The van der Waals surface area contributed by atoms with E-state index in [0.717, 1.165) is 19.4 Å². The van der Waals surface area contributed by atoms with Crippen LogP contribution in [0, 0.1) is 5.41 Å². The topological polar surface area (TPSA) is 29.3 Å². The van der Waals surface area contributed by atoms with Crippen molar-refractivity contribution >= 4 is 0 Å². The van der Waals surface area contributed by atoms with Gasteiger partial charge in [0.25, 0.3) is 0 Å². The lowest BCUT2D eigenvalue weighted by molar-refractivity contribution is 0.323. The lowest BCUT2D eigenvalue weighted by Crippen LogP contribution is -2.27. The molecule has 1 atom stereocenters. The Hall–Kier alpha value is -0.0800. The molecule has 0 saturated heterocycles. The molecule has 80 valence electrons. The van der Waals surface area contributed by atoms with Crippen molar-refractivity contribution in [3.63, 3.8) is 0 Å². The van der Waals surface area contributed by atoms with Crippen molar-refractivity contribution in [1.29, 1.82) is 0 Å². The molecule has 2 nitrogen and oxygen atoms in total. The highest BCUT2D eigenvalue weighted by atomic mass is 15.0. The molecule has 0 aliphatic carbocycles. The maximum Gasteiger partial charge on any atom is 0.00511 e. The Morgan fingerprint density at radius 3 is 2.08 bits per heavy atom. The summed E-state index contributed by atoms with van der Waals surface area (Å²) < 4.78 is 0. The standard InChI is InChI=1S/C11H26N2/c1-11(2,3)8-6-10(12)7-9-13(4)5/h10H,6-9,12H2,1-5H3. The molecule has 0 aromatic heterocycles. The molecule has 0 aliphatic rings. The molecule has 0 spiro atoms. The van der Waals surface area contributed by atoms with Gasteiger partial charge < -0.3 is 10.6 Å². The van der Waals surface area contributed by atoms with E-state index in [9.17, 15) is 0 Å². The van der Waals surface area contributed by atoms with Crippen molar-refractivity contribution in [1.82, 2.24) is 4.90 Å². The van der Waals surface area contributed by atoms with E-state index < -0.39 is 0 Å². The maximum absolute atomic E-state index is 6.00. The minimum atomic E-state index is 0.377. The summed E-state index contributed by atoms with van der Waals surface area (Å²) in [6, 6.07) is 0.377. The molecule has 0 fully saturated rings. The van der Waals surface area contributed by atoms with Crippen LogP contribution in [0.15, 0.2) is 0 Å². The van der Waals surface area contributed by atoms with Gasteiger partial charge in [-0.3, -0.25) is 0 Å². The van der Waals surface area contributed by atoms with E-state index in [1.807, 2.05) is 0 Å². The summed E-state index contributed by atoms with van der Waals surface area (Å²) in [5, 5.41) is 0. The van der Waals surface area contributed by atoms with Gasteiger partial charge >= 0.3 is 0 Å². The molecule has 0 heterocycles. The second-order valence-electron chi connectivity index (χ2n) is 5.45. The fourth-order valence-corrected chi connectivity index (χ4v) is 1.19. The molecule has 13 heavy (non-hydrogen) atoms. The van der Waals surface area contributed by atoms with Crippen LogP contribution in [-0.2, 0) is 0 Å². The summed E-state index contributed by atoms with van der Waals surface area (Å²) in [6.45, 7) is 7.91. The molecule has 1 unspecified atom stereocenters. The fourth-order valence-electron chi connectivity index (χ4n) is 1.19. The molecule has 0 amide bonds. The minimum Gasteiger partial charge on any atom is -0.328 e. The van der Waals surface area contributed by atoms with Crippen molar-refractivity contribution in [3.05, 3.63) is 0 Å². The van der Waals surface area contributed by atoms with E-state index in [4.69, 9.17) is 5.73 Å². The molecular formula is C11H26N2. The number of hydrogen-bond acceptors (Lipinski definition) is 2. The van der Waals surface area contributed by atoms with E-state index in [0.29, 0.717) is 11.5 Å². The average Bonchev–Trinajstić information content (AvgIpc) is 1.95. The third-order valence-electron chi connectivity index (χ3n) is 2.21. The SMILES string of the molecule is CN(C)CCC(N)CCC(C)(C)C. The third kappa shape index (κ3) is 9.84. The first kappa shape index (κ1) is 12.9. The Bertz CT molecular complexity index is 125. The normalized spacial score (nSPS) is 15.0. The summed E-state index contributed by atoms with van der Waals surface area (Å²) >= 11 is 0. The van der Waals surface area contributed by atoms with Crippen LogP contribution in [0.1, 0.15) is 40.0 Å². The van der Waals surface area contributed by atoms with Crippen molar-refractivity contribution in [2.45, 2.75) is 46.1 Å². The molecule has 0 aromatic carbocycles. The third-order valence-corrected chi connectivity index (χ3v) is 2.21. The number of nitrogens with two attached hydrogens (primary N) is 1. The van der Waals surface area contributed by atoms with Gasteiger partial charge in [-0.25, -0.2) is 0 Å². The zero-order valence-corrected chi connectivity index (χ0v) is 9.93. The Kier molecular flexibility index (Phi) is 5.57. The highest BCUT2D eigenvalue weighted by Crippen LogP contribution is 2.21. The Balaban J connectivity index is 3.46. The molecular weight excluding hydrogens is 160 g/mol. The van der Waals surface area contributed by atoms with Crippen molar-refractivity contribution in [2.24, 2.45) is 11.1 Å². The van der Waals surface area contributed by atoms with Crippen LogP contribution in [0.3, 0.4) is 0 Å². The van der Waals surface area contributed by atoms with E-state index in [-0.39, 0.29) is 0 Å². The van der Waals surface area contributed by atoms with Gasteiger partial charge in [0.15, 0.2) is 0 Å². The van der Waals surface area contributed by atoms with Gasteiger partial charge in [-0.1, -0.05) is 20.8 Å². The first-order valence-electron chi connectivity index (χ1n) is 5.21. The lowest BCUT2D eigenvalue weighted by Gasteiger charge is -2.21. The van der Waals surface area contributed by atoms with Gasteiger partial charge in [0.05, 0.1) is 0 Å². The molecule has 0 radical (unpaired) electrons. The fraction of sp³-hybridized carbons (Fsp3) is 1.00. The molecule has 2 heteroatoms. The molecule has 0 rings (SSSR count). The van der Waals surface area contributed by atoms with Gasteiger partial charge in [0.2, 0.25) is 0 Å². The number of rotatable bonds is 5. The van der Waals surface area contributed by atoms with Crippen LogP contribution in [-0.4, -0.2) is 31.6 Å². The van der Waals surface area contributed by atoms with Gasteiger partial charge in [0.1, 0.15) is 0 Å². The monoisotopic (exact) mass is 186 g/mol. The van der Waals surface area contributed by atoms with Crippen LogP contribution < -0.4 is 5.73 Å². The first-order chi connectivity index (χ1) is 5.81. The van der Waals surface area contributed by atoms with Crippen LogP contribution in [0.5, 0.6) is 0 Å². The highest BCUT2D eigenvalue weighted by Gasteiger charge is 2.12. The zero-order chi connectivity index (χ0) is 10.5. The van der Waals surface area contributed by atoms with Gasteiger partial charge in [0, 0.05) is 6.04 Å². The molecule has 2 N–H and O–H groups in total. The summed E-state index contributed by atoms with van der Waals surface area (Å²) in [5.74, 6) is 0. The van der Waals surface area contributed by atoms with Crippen LogP contribution >= 0.6 is 0 Å². The number of hydrogen-bond donors (Lipinski definition) is 1. The predicted molar refractivity (Wildman–Crippen MR) is 59.8 cm³/mol. The average molecular weight is 186 g/mol. The summed E-state index contributed by atoms with van der Waals surface area (Å²) in [5.41, 5.74) is 6.43. The second kappa shape index (κ2) is 5.61. The molecule has 0 saturated carbocycles. The Morgan fingerprint density at radius 1 is 1.15 bits per heavy atom. The van der Waals surface area contributed by atoms with Crippen molar-refractivity contribution < 1.29 is 0 Å². The Labute approximate surface area is 83.5 Å². The predicted octanol–water partition coefficient (Wildman–Crippen LogP) is 2.09. The smallest absolute Gasteiger partial charge is 0.00511 e. The van der Waals surface area contributed by atoms with E-state index >= 15 is 0 Å². The van der Waals surface area contributed by atoms with Crippen LogP contribution in [0.2, 0.25) is 0 Å². The van der Waals surface area contributed by atoms with E-state index in [1.165, 1.54) is 6.42 Å². The number of nitrogens with zero attached hydrogens (tertiary/aromatic N) is 1. The molecule has 0 aromatic rings. The quantitative estimate of drug-likeness (QED) is 0.712. The summed E-state index contributed by atoms with van der Waals surface area (Å²) in [4.78, 5) is 2.19. The van der Waals surface area contributed by atoms with Gasteiger partial charge in [-0.15, -0.1) is 0 Å². The second-order valence-corrected chi connectivity index (χ2v) is 5.45. The summed E-state index contributed by atoms with van der Waals surface area (Å²) in [7, 11) is 4.19. The van der Waals surface area contributed by atoms with Gasteiger partial charge in [-0.05, 0) is 45.3 Å². The summed E-state index contributed by atoms with van der Waals surface area (Å²) in [6.07, 6.45) is 3.49. The van der Waals surface area contributed by atoms with Crippen molar-refractivity contribution in [2.75, 3.05) is 20.6 Å². The first-order valence-corrected chi connectivity index (χ1v) is 5.21. The van der Waals surface area contributed by atoms with Crippen molar-refractivity contribution in [3.8, 4) is 0 Å². The zero-order valence-electron chi connectivity index (χ0n) is 9.93. The minimum absolute atomic E-state index is 0.377. The lowest BCUT2D eigenvalue weighted by atomic mass is 9.88. The van der Waals surface area contributed by atoms with Crippen LogP contribution in [0.25, 0.3) is 0 Å². The molecule has 0 bridgehead atoms. The highest BCUT2D eigenvalue weighted by molar-refractivity contribution is 4.68. The van der Waals surface area contributed by atoms with E-state index in [1.54, 1.807) is 0 Å². The van der Waals surface area contributed by atoms with E-state index in [2.05, 4.69) is 39.8 Å².